The molecule has 0 saturated carbocycles. The third-order valence-corrected chi connectivity index (χ3v) is 4.56. The molecule has 0 aliphatic heterocycles. The normalized spacial score (nSPS) is 10.9. The molecule has 0 bridgehead atoms. The van der Waals surface area contributed by atoms with E-state index in [1.807, 2.05) is 43.3 Å². The number of hydrogen-bond donors (Lipinski definition) is 4. The van der Waals surface area contributed by atoms with Crippen LogP contribution < -0.4 is 11.1 Å². The fraction of sp³-hybridized carbons (Fsp3) is 0.273. The number of aryl methyl sites for hydroxylation is 1. The van der Waals surface area contributed by atoms with Gasteiger partial charge in [-0.1, -0.05) is 18.2 Å². The van der Waals surface area contributed by atoms with Crippen LogP contribution in [0, 0.1) is 6.92 Å². The zero-order valence-corrected chi connectivity index (χ0v) is 18.6. The van der Waals surface area contributed by atoms with Gasteiger partial charge in [-0.3, -0.25) is 4.79 Å². The van der Waals surface area contributed by atoms with E-state index in [9.17, 15) is 18.0 Å². The number of carboxylic acid groups (broad SMARTS) is 1. The molecule has 0 saturated heterocycles. The van der Waals surface area contributed by atoms with Gasteiger partial charge in [0.25, 0.3) is 5.91 Å². The number of benzene rings is 2. The summed E-state index contributed by atoms with van der Waals surface area (Å²) in [7, 11) is 3.48. The first-order valence-electron chi connectivity index (χ1n) is 9.90. The number of nitrogens with two attached hydrogens (primary N) is 1. The molecule has 0 atom stereocenters. The van der Waals surface area contributed by atoms with Gasteiger partial charge in [0, 0.05) is 31.6 Å². The Kier molecular flexibility index (Phi) is 8.36. The highest BCUT2D eigenvalue weighted by Gasteiger charge is 2.38. The number of nitrogen functional groups attached to an aromatic ring is 1. The number of nitrogens with one attached hydrogen (secondary N) is 1. The second kappa shape index (κ2) is 10.8. The van der Waals surface area contributed by atoms with Gasteiger partial charge < -0.3 is 26.2 Å². The zero-order chi connectivity index (χ0) is 25.6. The summed E-state index contributed by atoms with van der Waals surface area (Å²) in [4.78, 5) is 31.6. The van der Waals surface area contributed by atoms with Crippen molar-refractivity contribution in [2.75, 3.05) is 38.3 Å². The number of carbonyl (C=O) groups excluding carboxylic acids is 1. The molecule has 34 heavy (non-hydrogen) atoms. The van der Waals surface area contributed by atoms with Gasteiger partial charge in [-0.15, -0.1) is 0 Å². The van der Waals surface area contributed by atoms with Gasteiger partial charge in [0.2, 0.25) is 5.95 Å². The number of carbonyl (C=O) groups is 2. The van der Waals surface area contributed by atoms with Crippen LogP contribution in [0.15, 0.2) is 36.4 Å². The molecule has 0 spiro atoms. The number of carboxylic acids is 1. The first-order chi connectivity index (χ1) is 15.9. The van der Waals surface area contributed by atoms with Crippen LogP contribution in [0.25, 0.3) is 22.0 Å². The Morgan fingerprint density at radius 3 is 2.35 bits per heavy atom. The summed E-state index contributed by atoms with van der Waals surface area (Å²) < 4.78 is 31.7. The summed E-state index contributed by atoms with van der Waals surface area (Å²) >= 11 is 0. The minimum Gasteiger partial charge on any atom is -0.475 e. The Hall–Kier alpha value is -3.93. The Bertz CT molecular complexity index is 1200. The number of halogens is 3. The zero-order valence-electron chi connectivity index (χ0n) is 18.6. The topological polar surface area (TPSA) is 142 Å². The fourth-order valence-corrected chi connectivity index (χ4v) is 3.08. The number of rotatable bonds is 5. The second-order valence-corrected chi connectivity index (χ2v) is 7.31. The predicted octanol–water partition coefficient (Wildman–Crippen LogP) is 2.93. The van der Waals surface area contributed by atoms with E-state index in [-0.39, 0.29) is 18.5 Å². The van der Waals surface area contributed by atoms with Crippen molar-refractivity contribution in [3.8, 4) is 11.1 Å². The van der Waals surface area contributed by atoms with E-state index in [0.29, 0.717) is 23.4 Å². The monoisotopic (exact) mass is 479 g/mol. The van der Waals surface area contributed by atoms with Crippen LogP contribution >= 0.6 is 0 Å². The number of fused-ring (bicyclic) bond motifs is 1. The van der Waals surface area contributed by atoms with Crippen molar-refractivity contribution in [3.05, 3.63) is 47.5 Å². The minimum atomic E-state index is -5.08. The summed E-state index contributed by atoms with van der Waals surface area (Å²) in [6.07, 6.45) is -5.08. The lowest BCUT2D eigenvalue weighted by Gasteiger charge is -2.17. The molecule has 9 nitrogen and oxygen atoms in total. The van der Waals surface area contributed by atoms with Crippen LogP contribution in [0.4, 0.5) is 24.9 Å². The van der Waals surface area contributed by atoms with Gasteiger partial charge in [0.1, 0.15) is 5.82 Å². The van der Waals surface area contributed by atoms with Crippen LogP contribution in [0.3, 0.4) is 0 Å². The summed E-state index contributed by atoms with van der Waals surface area (Å²) in [5.74, 6) is -2.09. The molecule has 182 valence electrons. The number of aliphatic carboxylic acids is 1. The number of alkyl halides is 3. The van der Waals surface area contributed by atoms with Crippen molar-refractivity contribution in [3.63, 3.8) is 0 Å². The smallest absolute Gasteiger partial charge is 0.475 e. The van der Waals surface area contributed by atoms with Crippen LogP contribution in [0.1, 0.15) is 15.9 Å². The molecule has 12 heteroatoms. The number of aliphatic hydroxyl groups excluding tert-OH is 1. The maximum atomic E-state index is 12.6. The lowest BCUT2D eigenvalue weighted by molar-refractivity contribution is -0.192. The van der Waals surface area contributed by atoms with E-state index in [2.05, 4.69) is 15.3 Å². The molecular formula is C22H24F3N5O4. The predicted molar refractivity (Wildman–Crippen MR) is 121 cm³/mol. The fourth-order valence-electron chi connectivity index (χ4n) is 3.08. The summed E-state index contributed by atoms with van der Waals surface area (Å²) in [6.45, 7) is 2.34. The highest BCUT2D eigenvalue weighted by atomic mass is 19.4. The standard InChI is InChI=1S/C20H23N5O2.C2HF3O2/c1-12-5-4-6-15(19(27)25(2)3)17(12)13-7-8-14-16(11-13)23-20(21)24-18(14)22-9-10-26;3-2(4,5)1(6)7/h4-8,11,26H,9-10H2,1-3H3,(H3,21,22,23,24);(H,6,7). The average Bonchev–Trinajstić information content (AvgIpc) is 2.75. The SMILES string of the molecule is Cc1cccc(C(=O)N(C)C)c1-c1ccc2c(NCCO)nc(N)nc2c1.O=C(O)C(F)(F)F. The maximum Gasteiger partial charge on any atom is 0.490 e. The minimum absolute atomic E-state index is 0.0112. The number of aromatic nitrogens is 2. The van der Waals surface area contributed by atoms with Gasteiger partial charge >= 0.3 is 12.1 Å². The molecule has 0 aliphatic rings. The Morgan fingerprint density at radius 1 is 1.15 bits per heavy atom. The second-order valence-electron chi connectivity index (χ2n) is 7.31. The van der Waals surface area contributed by atoms with Crippen molar-refractivity contribution < 1.29 is 33.0 Å². The van der Waals surface area contributed by atoms with Crippen molar-refractivity contribution in [1.29, 1.82) is 0 Å². The Morgan fingerprint density at radius 2 is 1.79 bits per heavy atom. The van der Waals surface area contributed by atoms with E-state index in [4.69, 9.17) is 20.7 Å². The van der Waals surface area contributed by atoms with E-state index >= 15 is 0 Å². The van der Waals surface area contributed by atoms with E-state index < -0.39 is 12.1 Å². The molecule has 0 radical (unpaired) electrons. The molecule has 1 aromatic heterocycles. The van der Waals surface area contributed by atoms with Crippen LogP contribution in [-0.2, 0) is 4.79 Å². The molecule has 3 aromatic rings. The highest BCUT2D eigenvalue weighted by Crippen LogP contribution is 2.32. The lowest BCUT2D eigenvalue weighted by atomic mass is 9.93. The molecule has 2 aromatic carbocycles. The van der Waals surface area contributed by atoms with Crippen molar-refractivity contribution in [2.45, 2.75) is 13.1 Å². The van der Waals surface area contributed by atoms with Crippen molar-refractivity contribution >= 4 is 34.5 Å². The molecule has 1 heterocycles. The van der Waals surface area contributed by atoms with Crippen molar-refractivity contribution in [1.82, 2.24) is 14.9 Å². The number of anilines is 2. The van der Waals surface area contributed by atoms with Gasteiger partial charge in [-0.05, 0) is 41.8 Å². The summed E-state index contributed by atoms with van der Waals surface area (Å²) in [6, 6.07) is 11.5. The van der Waals surface area contributed by atoms with E-state index in [0.717, 1.165) is 22.1 Å². The largest absolute Gasteiger partial charge is 0.490 e. The van der Waals surface area contributed by atoms with Crippen LogP contribution in [0.2, 0.25) is 0 Å². The highest BCUT2D eigenvalue weighted by molar-refractivity contribution is 6.03. The van der Waals surface area contributed by atoms with Gasteiger partial charge in [-0.2, -0.15) is 18.2 Å². The van der Waals surface area contributed by atoms with E-state index in [1.54, 1.807) is 19.0 Å². The number of hydrogen-bond acceptors (Lipinski definition) is 7. The quantitative estimate of drug-likeness (QED) is 0.438. The number of nitrogens with zero attached hydrogens (tertiary/aromatic N) is 3. The molecule has 0 fully saturated rings. The molecule has 0 aliphatic carbocycles. The lowest BCUT2D eigenvalue weighted by Crippen LogP contribution is -2.22. The molecule has 5 N–H and O–H groups in total. The Balaban J connectivity index is 0.000000509. The molecule has 1 amide bonds. The summed E-state index contributed by atoms with van der Waals surface area (Å²) in [5.41, 5.74) is 9.92. The third-order valence-electron chi connectivity index (χ3n) is 4.56. The van der Waals surface area contributed by atoms with Gasteiger partial charge in [0.05, 0.1) is 12.1 Å². The van der Waals surface area contributed by atoms with Gasteiger partial charge in [0.15, 0.2) is 0 Å². The number of aliphatic hydroxyl groups is 1. The van der Waals surface area contributed by atoms with Crippen molar-refractivity contribution in [2.24, 2.45) is 0 Å². The third kappa shape index (κ3) is 6.32. The molecule has 3 rings (SSSR count). The molecule has 0 unspecified atom stereocenters. The number of amides is 1. The maximum absolute atomic E-state index is 12.6. The average molecular weight is 479 g/mol. The van der Waals surface area contributed by atoms with Crippen LogP contribution in [0.5, 0.6) is 0 Å². The first-order valence-corrected chi connectivity index (χ1v) is 9.90. The first kappa shape index (κ1) is 26.3. The Labute approximate surface area is 193 Å². The van der Waals surface area contributed by atoms with Gasteiger partial charge in [-0.25, -0.2) is 9.78 Å². The summed E-state index contributed by atoms with van der Waals surface area (Å²) in [5, 5.41) is 20.0. The van der Waals surface area contributed by atoms with Crippen LogP contribution in [-0.4, -0.2) is 70.4 Å². The van der Waals surface area contributed by atoms with E-state index in [1.165, 1.54) is 0 Å². The molecular weight excluding hydrogens is 455 g/mol.